The summed E-state index contributed by atoms with van der Waals surface area (Å²) >= 11 is 0. The molecule has 0 heterocycles. The number of hydrogen-bond donors (Lipinski definition) is 2. The van der Waals surface area contributed by atoms with Crippen molar-refractivity contribution in [3.63, 3.8) is 0 Å². The van der Waals surface area contributed by atoms with Gasteiger partial charge in [0.25, 0.3) is 0 Å². The molecular formula is C24H30O3. The number of aromatic hydroxyl groups is 1. The van der Waals surface area contributed by atoms with Crippen LogP contribution in [0.1, 0.15) is 69.4 Å². The minimum Gasteiger partial charge on any atom is -0.507 e. The zero-order chi connectivity index (χ0) is 20.4. The molecule has 0 fully saturated rings. The van der Waals surface area contributed by atoms with Gasteiger partial charge >= 0.3 is 5.97 Å². The molecule has 0 atom stereocenters. The molecule has 3 nitrogen and oxygen atoms in total. The quantitative estimate of drug-likeness (QED) is 0.685. The summed E-state index contributed by atoms with van der Waals surface area (Å²) < 4.78 is 0. The predicted octanol–water partition coefficient (Wildman–Crippen LogP) is 5.68. The summed E-state index contributed by atoms with van der Waals surface area (Å²) in [6.45, 7) is 12.6. The Morgan fingerprint density at radius 1 is 0.963 bits per heavy atom. The van der Waals surface area contributed by atoms with Gasteiger partial charge in [0, 0.05) is 6.08 Å². The summed E-state index contributed by atoms with van der Waals surface area (Å²) in [4.78, 5) is 10.9. The van der Waals surface area contributed by atoms with E-state index >= 15 is 0 Å². The van der Waals surface area contributed by atoms with Crippen LogP contribution in [0.25, 0.3) is 6.08 Å². The average Bonchev–Trinajstić information content (AvgIpc) is 2.53. The lowest BCUT2D eigenvalue weighted by molar-refractivity contribution is -0.131. The van der Waals surface area contributed by atoms with Crippen molar-refractivity contribution in [3.8, 4) is 5.75 Å². The van der Waals surface area contributed by atoms with E-state index in [4.69, 9.17) is 5.11 Å². The largest absolute Gasteiger partial charge is 0.507 e. The smallest absolute Gasteiger partial charge is 0.328 e. The molecule has 0 aliphatic heterocycles. The summed E-state index contributed by atoms with van der Waals surface area (Å²) in [7, 11) is 0. The average molecular weight is 367 g/mol. The van der Waals surface area contributed by atoms with Crippen molar-refractivity contribution in [1.82, 2.24) is 0 Å². The van der Waals surface area contributed by atoms with Gasteiger partial charge in [0.2, 0.25) is 0 Å². The van der Waals surface area contributed by atoms with Crippen molar-refractivity contribution in [1.29, 1.82) is 0 Å². The van der Waals surface area contributed by atoms with Crippen LogP contribution in [-0.4, -0.2) is 16.2 Å². The van der Waals surface area contributed by atoms with E-state index in [1.807, 2.05) is 24.3 Å². The Labute approximate surface area is 162 Å². The maximum atomic E-state index is 10.9. The molecule has 2 N–H and O–H groups in total. The SMILES string of the molecule is CC(C)(C)c1cc(Cc2ccccc2/C=C/C(=O)O)cc(C(C)(C)C)c1O. The number of aliphatic carboxylic acids is 1. The molecule has 2 rings (SSSR count). The Hall–Kier alpha value is -2.55. The highest BCUT2D eigenvalue weighted by atomic mass is 16.4. The second-order valence-electron chi connectivity index (χ2n) is 9.09. The van der Waals surface area contributed by atoms with Crippen molar-refractivity contribution >= 4 is 12.0 Å². The molecule has 0 spiro atoms. The van der Waals surface area contributed by atoms with Gasteiger partial charge in [-0.1, -0.05) is 77.9 Å². The van der Waals surface area contributed by atoms with Gasteiger partial charge in [0.1, 0.15) is 5.75 Å². The molecule has 0 aromatic heterocycles. The molecular weight excluding hydrogens is 336 g/mol. The van der Waals surface area contributed by atoms with E-state index in [2.05, 4.69) is 53.7 Å². The maximum Gasteiger partial charge on any atom is 0.328 e. The second kappa shape index (κ2) is 7.59. The Bertz CT molecular complexity index is 827. The van der Waals surface area contributed by atoms with E-state index in [1.165, 1.54) is 0 Å². The molecule has 144 valence electrons. The summed E-state index contributed by atoms with van der Waals surface area (Å²) in [6.07, 6.45) is 3.47. The number of benzene rings is 2. The summed E-state index contributed by atoms with van der Waals surface area (Å²) in [5.41, 5.74) is 4.57. The van der Waals surface area contributed by atoms with E-state index in [9.17, 15) is 9.90 Å². The Morgan fingerprint density at radius 2 is 1.48 bits per heavy atom. The Balaban J connectivity index is 2.56. The molecule has 0 saturated heterocycles. The van der Waals surface area contributed by atoms with Crippen molar-refractivity contribution in [3.05, 3.63) is 70.3 Å². The first kappa shape index (κ1) is 20.8. The number of carbonyl (C=O) groups is 1. The van der Waals surface area contributed by atoms with E-state index in [1.54, 1.807) is 6.08 Å². The third-order valence-corrected chi connectivity index (χ3v) is 4.64. The first-order chi connectivity index (χ1) is 12.4. The third kappa shape index (κ3) is 5.22. The molecule has 0 saturated carbocycles. The molecule has 0 unspecified atom stereocenters. The van der Waals surface area contributed by atoms with Gasteiger partial charge < -0.3 is 10.2 Å². The van der Waals surface area contributed by atoms with E-state index in [0.717, 1.165) is 33.9 Å². The maximum absolute atomic E-state index is 10.9. The number of phenolic OH excluding ortho intramolecular Hbond substituents is 1. The molecule has 0 aliphatic carbocycles. The van der Waals surface area contributed by atoms with Crippen LogP contribution in [0.3, 0.4) is 0 Å². The highest BCUT2D eigenvalue weighted by Crippen LogP contribution is 2.40. The number of hydrogen-bond acceptors (Lipinski definition) is 2. The molecule has 27 heavy (non-hydrogen) atoms. The van der Waals surface area contributed by atoms with Crippen LogP contribution in [0.2, 0.25) is 0 Å². The molecule has 0 aliphatic rings. The van der Waals surface area contributed by atoms with Crippen LogP contribution in [0.4, 0.5) is 0 Å². The van der Waals surface area contributed by atoms with E-state index in [0.29, 0.717) is 12.2 Å². The topological polar surface area (TPSA) is 57.5 Å². The van der Waals surface area contributed by atoms with E-state index in [-0.39, 0.29) is 10.8 Å². The predicted molar refractivity (Wildman–Crippen MR) is 111 cm³/mol. The number of carboxylic acid groups (broad SMARTS) is 1. The Kier molecular flexibility index (Phi) is 5.84. The first-order valence-electron chi connectivity index (χ1n) is 9.25. The minimum atomic E-state index is -0.959. The number of phenols is 1. The standard InChI is InChI=1S/C24H30O3/c1-23(2,3)19-14-16(15-20(22(19)27)24(4,5)6)13-18-10-8-7-9-17(18)11-12-21(25)26/h7-12,14-15,27H,13H2,1-6H3,(H,25,26)/b12-11+. The fourth-order valence-electron chi connectivity index (χ4n) is 3.18. The normalized spacial score (nSPS) is 12.5. The fraction of sp³-hybridized carbons (Fsp3) is 0.375. The molecule has 0 amide bonds. The summed E-state index contributed by atoms with van der Waals surface area (Å²) in [6, 6.07) is 11.9. The van der Waals surface area contributed by atoms with Crippen LogP contribution in [-0.2, 0) is 22.0 Å². The van der Waals surface area contributed by atoms with Gasteiger partial charge in [-0.15, -0.1) is 0 Å². The third-order valence-electron chi connectivity index (χ3n) is 4.64. The van der Waals surface area contributed by atoms with Crippen molar-refractivity contribution in [2.75, 3.05) is 0 Å². The molecule has 0 bridgehead atoms. The van der Waals surface area contributed by atoms with Crippen molar-refractivity contribution in [2.45, 2.75) is 58.8 Å². The second-order valence-corrected chi connectivity index (χ2v) is 9.09. The van der Waals surface area contributed by atoms with Gasteiger partial charge in [-0.25, -0.2) is 4.79 Å². The minimum absolute atomic E-state index is 0.178. The first-order valence-corrected chi connectivity index (χ1v) is 9.25. The lowest BCUT2D eigenvalue weighted by Gasteiger charge is -2.28. The van der Waals surface area contributed by atoms with E-state index < -0.39 is 5.97 Å². The van der Waals surface area contributed by atoms with Crippen molar-refractivity contribution in [2.24, 2.45) is 0 Å². The molecule has 2 aromatic carbocycles. The lowest BCUT2D eigenvalue weighted by atomic mass is 9.78. The molecule has 0 radical (unpaired) electrons. The van der Waals surface area contributed by atoms with Gasteiger partial charge in [0.05, 0.1) is 0 Å². The van der Waals surface area contributed by atoms with Crippen molar-refractivity contribution < 1.29 is 15.0 Å². The lowest BCUT2D eigenvalue weighted by Crippen LogP contribution is -2.18. The Morgan fingerprint density at radius 3 is 1.96 bits per heavy atom. The van der Waals surface area contributed by atoms with Crippen LogP contribution < -0.4 is 0 Å². The monoisotopic (exact) mass is 366 g/mol. The molecule has 2 aromatic rings. The zero-order valence-electron chi connectivity index (χ0n) is 17.1. The van der Waals surface area contributed by atoms with Crippen LogP contribution in [0.5, 0.6) is 5.75 Å². The van der Waals surface area contributed by atoms with Gasteiger partial charge in [-0.3, -0.25) is 0 Å². The van der Waals surface area contributed by atoms with Gasteiger partial charge in [0.15, 0.2) is 0 Å². The fourth-order valence-corrected chi connectivity index (χ4v) is 3.18. The van der Waals surface area contributed by atoms with Crippen LogP contribution >= 0.6 is 0 Å². The van der Waals surface area contributed by atoms with Crippen LogP contribution in [0, 0.1) is 0 Å². The van der Waals surface area contributed by atoms with Gasteiger partial charge in [-0.05, 0) is 51.1 Å². The zero-order valence-corrected chi connectivity index (χ0v) is 17.1. The number of rotatable bonds is 4. The highest BCUT2D eigenvalue weighted by molar-refractivity contribution is 5.85. The van der Waals surface area contributed by atoms with Crippen LogP contribution in [0.15, 0.2) is 42.5 Å². The highest BCUT2D eigenvalue weighted by Gasteiger charge is 2.26. The summed E-state index contributed by atoms with van der Waals surface area (Å²) in [5.74, 6) is -0.586. The number of carboxylic acids is 1. The van der Waals surface area contributed by atoms with Gasteiger partial charge in [-0.2, -0.15) is 0 Å². The summed E-state index contributed by atoms with van der Waals surface area (Å²) in [5, 5.41) is 19.8. The molecule has 3 heteroatoms.